The number of thiophene rings is 1. The fourth-order valence-corrected chi connectivity index (χ4v) is 3.56. The first kappa shape index (κ1) is 14.9. The van der Waals surface area contributed by atoms with Crippen molar-refractivity contribution in [2.75, 3.05) is 0 Å². The molecule has 0 saturated carbocycles. The number of nitrogens with zero attached hydrogens (tertiary/aromatic N) is 1. The van der Waals surface area contributed by atoms with Crippen LogP contribution in [-0.2, 0) is 0 Å². The highest BCUT2D eigenvalue weighted by Gasteiger charge is 2.21. The van der Waals surface area contributed by atoms with Gasteiger partial charge in [0, 0.05) is 6.04 Å². The van der Waals surface area contributed by atoms with Gasteiger partial charge in [-0.05, 0) is 43.8 Å². The van der Waals surface area contributed by atoms with Gasteiger partial charge in [0.25, 0.3) is 5.91 Å². The second-order valence-corrected chi connectivity index (χ2v) is 6.73. The Morgan fingerprint density at radius 3 is 2.55 bits per heavy atom. The molecule has 0 saturated heterocycles. The van der Waals surface area contributed by atoms with E-state index in [-0.39, 0.29) is 18.0 Å². The summed E-state index contributed by atoms with van der Waals surface area (Å²) in [6, 6.07) is 14.6. The first-order chi connectivity index (χ1) is 10.6. The SMILES string of the molecule is CC(C)NC(=O)c1cc2sccc2n1C(C)c1ccccc1. The minimum Gasteiger partial charge on any atom is -0.349 e. The molecule has 3 aromatic rings. The zero-order valence-electron chi connectivity index (χ0n) is 13.0. The smallest absolute Gasteiger partial charge is 0.268 e. The maximum atomic E-state index is 12.6. The Labute approximate surface area is 134 Å². The van der Waals surface area contributed by atoms with Crippen molar-refractivity contribution in [1.82, 2.24) is 9.88 Å². The second-order valence-electron chi connectivity index (χ2n) is 5.78. The van der Waals surface area contributed by atoms with Gasteiger partial charge in [0.05, 0.1) is 16.3 Å². The highest BCUT2D eigenvalue weighted by atomic mass is 32.1. The van der Waals surface area contributed by atoms with E-state index in [0.29, 0.717) is 0 Å². The molecule has 22 heavy (non-hydrogen) atoms. The third-order valence-electron chi connectivity index (χ3n) is 3.78. The van der Waals surface area contributed by atoms with Gasteiger partial charge in [-0.25, -0.2) is 0 Å². The Morgan fingerprint density at radius 1 is 1.14 bits per heavy atom. The molecule has 1 unspecified atom stereocenters. The van der Waals surface area contributed by atoms with Crippen LogP contribution in [0.3, 0.4) is 0 Å². The van der Waals surface area contributed by atoms with Crippen molar-refractivity contribution in [1.29, 1.82) is 0 Å². The summed E-state index contributed by atoms with van der Waals surface area (Å²) in [5, 5.41) is 5.07. The summed E-state index contributed by atoms with van der Waals surface area (Å²) in [5.74, 6) is -0.0128. The molecule has 4 heteroatoms. The lowest BCUT2D eigenvalue weighted by atomic mass is 10.1. The van der Waals surface area contributed by atoms with E-state index in [0.717, 1.165) is 15.9 Å². The van der Waals surface area contributed by atoms with Crippen LogP contribution in [0, 0.1) is 0 Å². The Balaban J connectivity index is 2.10. The number of amides is 1. The number of carbonyl (C=O) groups excluding carboxylic acids is 1. The van der Waals surface area contributed by atoms with Crippen molar-refractivity contribution in [2.24, 2.45) is 0 Å². The van der Waals surface area contributed by atoms with Gasteiger partial charge in [0.15, 0.2) is 0 Å². The molecule has 0 aliphatic rings. The summed E-state index contributed by atoms with van der Waals surface area (Å²) < 4.78 is 3.29. The van der Waals surface area contributed by atoms with Gasteiger partial charge in [-0.15, -0.1) is 11.3 Å². The van der Waals surface area contributed by atoms with Crippen molar-refractivity contribution in [3.8, 4) is 0 Å². The minimum atomic E-state index is -0.0128. The average molecular weight is 312 g/mol. The van der Waals surface area contributed by atoms with Gasteiger partial charge in [-0.2, -0.15) is 0 Å². The molecular weight excluding hydrogens is 292 g/mol. The second kappa shape index (κ2) is 5.97. The zero-order chi connectivity index (χ0) is 15.7. The van der Waals surface area contributed by atoms with Crippen LogP contribution in [0.4, 0.5) is 0 Å². The van der Waals surface area contributed by atoms with Crippen LogP contribution in [0.15, 0.2) is 47.8 Å². The lowest BCUT2D eigenvalue weighted by Gasteiger charge is -2.19. The van der Waals surface area contributed by atoms with E-state index in [4.69, 9.17) is 0 Å². The third kappa shape index (κ3) is 2.66. The molecule has 2 aromatic heterocycles. The minimum absolute atomic E-state index is 0.0128. The van der Waals surface area contributed by atoms with E-state index in [2.05, 4.69) is 40.4 Å². The molecule has 2 heterocycles. The number of aromatic nitrogens is 1. The molecule has 0 fully saturated rings. The number of benzene rings is 1. The fraction of sp³-hybridized carbons (Fsp3) is 0.278. The van der Waals surface area contributed by atoms with E-state index in [1.165, 1.54) is 5.56 Å². The van der Waals surface area contributed by atoms with Crippen LogP contribution >= 0.6 is 11.3 Å². The van der Waals surface area contributed by atoms with Crippen molar-refractivity contribution in [2.45, 2.75) is 32.9 Å². The predicted molar refractivity (Wildman–Crippen MR) is 92.7 cm³/mol. The molecule has 3 nitrogen and oxygen atoms in total. The third-order valence-corrected chi connectivity index (χ3v) is 4.64. The molecular formula is C18H20N2OS. The standard InChI is InChI=1S/C18H20N2OS/c1-12(2)19-18(21)16-11-17-15(9-10-22-17)20(16)13(3)14-7-5-4-6-8-14/h4-13H,1-3H3,(H,19,21). The average Bonchev–Trinajstić information content (AvgIpc) is 3.07. The fourth-order valence-electron chi connectivity index (χ4n) is 2.75. The van der Waals surface area contributed by atoms with Gasteiger partial charge >= 0.3 is 0 Å². The zero-order valence-corrected chi connectivity index (χ0v) is 13.9. The largest absolute Gasteiger partial charge is 0.349 e. The summed E-state index contributed by atoms with van der Waals surface area (Å²) >= 11 is 1.67. The van der Waals surface area contributed by atoms with Crippen molar-refractivity contribution in [3.05, 3.63) is 59.1 Å². The number of nitrogens with one attached hydrogen (secondary N) is 1. The van der Waals surface area contributed by atoms with Crippen molar-refractivity contribution < 1.29 is 4.79 Å². The number of carbonyl (C=O) groups is 1. The maximum absolute atomic E-state index is 12.6. The van der Waals surface area contributed by atoms with Crippen LogP contribution < -0.4 is 5.32 Å². The van der Waals surface area contributed by atoms with Gasteiger partial charge in [-0.1, -0.05) is 30.3 Å². The molecule has 114 valence electrons. The Bertz CT molecular complexity index is 786. The number of rotatable bonds is 4. The van der Waals surface area contributed by atoms with E-state index in [9.17, 15) is 4.79 Å². The molecule has 3 rings (SSSR count). The lowest BCUT2D eigenvalue weighted by molar-refractivity contribution is 0.0933. The molecule has 0 radical (unpaired) electrons. The molecule has 0 aliphatic heterocycles. The molecule has 0 bridgehead atoms. The first-order valence-electron chi connectivity index (χ1n) is 7.52. The number of hydrogen-bond donors (Lipinski definition) is 1. The quantitative estimate of drug-likeness (QED) is 0.758. The van der Waals surface area contributed by atoms with Gasteiger partial charge in [0.2, 0.25) is 0 Å². The van der Waals surface area contributed by atoms with Gasteiger partial charge in [0.1, 0.15) is 5.69 Å². The maximum Gasteiger partial charge on any atom is 0.268 e. The Hall–Kier alpha value is -2.07. The number of fused-ring (bicyclic) bond motifs is 1. The monoisotopic (exact) mass is 312 g/mol. The number of hydrogen-bond acceptors (Lipinski definition) is 2. The summed E-state index contributed by atoms with van der Waals surface area (Å²) in [5.41, 5.74) is 3.05. The van der Waals surface area contributed by atoms with Gasteiger partial charge in [-0.3, -0.25) is 4.79 Å². The van der Waals surface area contributed by atoms with Crippen LogP contribution in [0.25, 0.3) is 10.2 Å². The highest BCUT2D eigenvalue weighted by molar-refractivity contribution is 7.17. The van der Waals surface area contributed by atoms with Gasteiger partial charge < -0.3 is 9.88 Å². The summed E-state index contributed by atoms with van der Waals surface area (Å²) in [6.45, 7) is 6.10. The Morgan fingerprint density at radius 2 is 1.86 bits per heavy atom. The Kier molecular flexibility index (Phi) is 4.03. The van der Waals surface area contributed by atoms with E-state index in [1.807, 2.05) is 38.1 Å². The van der Waals surface area contributed by atoms with Crippen LogP contribution in [-0.4, -0.2) is 16.5 Å². The summed E-state index contributed by atoms with van der Waals surface area (Å²) in [6.07, 6.45) is 0. The van der Waals surface area contributed by atoms with Crippen LogP contribution in [0.2, 0.25) is 0 Å². The molecule has 1 amide bonds. The van der Waals surface area contributed by atoms with Crippen LogP contribution in [0.1, 0.15) is 42.9 Å². The lowest BCUT2D eigenvalue weighted by Crippen LogP contribution is -2.32. The van der Waals surface area contributed by atoms with E-state index < -0.39 is 0 Å². The molecule has 0 aliphatic carbocycles. The molecule has 1 N–H and O–H groups in total. The van der Waals surface area contributed by atoms with Crippen molar-refractivity contribution in [3.63, 3.8) is 0 Å². The molecule has 1 atom stereocenters. The predicted octanol–water partition coefficient (Wildman–Crippen LogP) is 4.45. The molecule has 1 aromatic carbocycles. The topological polar surface area (TPSA) is 34.0 Å². The normalized spacial score (nSPS) is 12.7. The summed E-state index contributed by atoms with van der Waals surface area (Å²) in [4.78, 5) is 12.6. The highest BCUT2D eigenvalue weighted by Crippen LogP contribution is 2.31. The van der Waals surface area contributed by atoms with Crippen LogP contribution in [0.5, 0.6) is 0 Å². The first-order valence-corrected chi connectivity index (χ1v) is 8.40. The van der Waals surface area contributed by atoms with E-state index in [1.54, 1.807) is 11.3 Å². The van der Waals surface area contributed by atoms with E-state index >= 15 is 0 Å². The summed E-state index contributed by atoms with van der Waals surface area (Å²) in [7, 11) is 0. The van der Waals surface area contributed by atoms with Crippen molar-refractivity contribution >= 4 is 27.5 Å². The molecule has 0 spiro atoms.